The molecule has 1 aromatic carbocycles. The summed E-state index contributed by atoms with van der Waals surface area (Å²) in [4.78, 5) is 11.1. The fourth-order valence-corrected chi connectivity index (χ4v) is 1.30. The average molecular weight is 212 g/mol. The summed E-state index contributed by atoms with van der Waals surface area (Å²) >= 11 is 0. The van der Waals surface area contributed by atoms with Crippen molar-refractivity contribution >= 4 is 5.97 Å². The Balaban J connectivity index is 1.82. The summed E-state index contributed by atoms with van der Waals surface area (Å²) in [6.45, 7) is 0.0618. The highest BCUT2D eigenvalue weighted by Gasteiger charge is 2.62. The summed E-state index contributed by atoms with van der Waals surface area (Å²) < 4.78 is 29.7. The average Bonchev–Trinajstić information content (AvgIpc) is 2.86. The Kier molecular flexibility index (Phi) is 2.42. The molecule has 1 atom stereocenters. The van der Waals surface area contributed by atoms with Gasteiger partial charge in [0.2, 0.25) is 0 Å². The number of hydrogen-bond acceptors (Lipinski definition) is 2. The summed E-state index contributed by atoms with van der Waals surface area (Å²) in [5, 5.41) is 0. The Labute approximate surface area is 85.9 Å². The summed E-state index contributed by atoms with van der Waals surface area (Å²) in [7, 11) is 0. The zero-order valence-corrected chi connectivity index (χ0v) is 7.95. The standard InChI is InChI=1S/C11H10F2O2/c12-11(13)6-9(11)10(14)15-7-8-4-2-1-3-5-8/h1-5,9H,6-7H2. The maximum Gasteiger partial charge on any atom is 0.315 e. The number of hydrogen-bond donors (Lipinski definition) is 0. The predicted octanol–water partition coefficient (Wildman–Crippen LogP) is 2.39. The number of halogens is 2. The molecule has 0 heterocycles. The van der Waals surface area contributed by atoms with Crippen LogP contribution in [0.25, 0.3) is 0 Å². The largest absolute Gasteiger partial charge is 0.460 e. The summed E-state index contributed by atoms with van der Waals surface area (Å²) in [6.07, 6.45) is -0.374. The Morgan fingerprint density at radius 2 is 2.00 bits per heavy atom. The first-order valence-corrected chi connectivity index (χ1v) is 4.68. The van der Waals surface area contributed by atoms with Crippen molar-refractivity contribution in [1.29, 1.82) is 0 Å². The molecule has 0 N–H and O–H groups in total. The molecular formula is C11H10F2O2. The van der Waals surface area contributed by atoms with Crippen LogP contribution in [0.3, 0.4) is 0 Å². The second-order valence-electron chi connectivity index (χ2n) is 3.61. The third kappa shape index (κ3) is 2.32. The van der Waals surface area contributed by atoms with Gasteiger partial charge in [-0.2, -0.15) is 0 Å². The topological polar surface area (TPSA) is 26.3 Å². The van der Waals surface area contributed by atoms with Crippen molar-refractivity contribution in [2.24, 2.45) is 5.92 Å². The maximum absolute atomic E-state index is 12.5. The van der Waals surface area contributed by atoms with E-state index in [0.29, 0.717) is 0 Å². The molecule has 0 radical (unpaired) electrons. The van der Waals surface area contributed by atoms with E-state index in [1.807, 2.05) is 6.07 Å². The number of ether oxygens (including phenoxy) is 1. The van der Waals surface area contributed by atoms with Crippen LogP contribution in [0.1, 0.15) is 12.0 Å². The maximum atomic E-state index is 12.5. The SMILES string of the molecule is O=C(OCc1ccccc1)C1CC1(F)F. The number of alkyl halides is 2. The van der Waals surface area contributed by atoms with E-state index in [4.69, 9.17) is 4.74 Å². The van der Waals surface area contributed by atoms with Crippen LogP contribution in [0.2, 0.25) is 0 Å². The molecule has 4 heteroatoms. The molecule has 0 saturated heterocycles. The van der Waals surface area contributed by atoms with Gasteiger partial charge in [-0.05, 0) is 5.56 Å². The molecule has 0 amide bonds. The van der Waals surface area contributed by atoms with Crippen LogP contribution in [0.5, 0.6) is 0 Å². The van der Waals surface area contributed by atoms with Gasteiger partial charge in [0.1, 0.15) is 12.5 Å². The molecule has 1 aliphatic carbocycles. The highest BCUT2D eigenvalue weighted by molar-refractivity contribution is 5.77. The summed E-state index contributed by atoms with van der Waals surface area (Å²) in [5.41, 5.74) is 0.801. The summed E-state index contributed by atoms with van der Waals surface area (Å²) in [5.74, 6) is -4.86. The third-order valence-corrected chi connectivity index (χ3v) is 2.33. The highest BCUT2D eigenvalue weighted by Crippen LogP contribution is 2.49. The van der Waals surface area contributed by atoms with Gasteiger partial charge in [0.25, 0.3) is 5.92 Å². The molecule has 0 bridgehead atoms. The van der Waals surface area contributed by atoms with Crippen molar-refractivity contribution in [2.75, 3.05) is 0 Å². The number of carbonyl (C=O) groups is 1. The van der Waals surface area contributed by atoms with E-state index in [-0.39, 0.29) is 13.0 Å². The van der Waals surface area contributed by atoms with E-state index in [0.717, 1.165) is 5.56 Å². The predicted molar refractivity (Wildman–Crippen MR) is 49.3 cm³/mol. The molecule has 15 heavy (non-hydrogen) atoms. The van der Waals surface area contributed by atoms with Crippen LogP contribution >= 0.6 is 0 Å². The van der Waals surface area contributed by atoms with E-state index in [9.17, 15) is 13.6 Å². The lowest BCUT2D eigenvalue weighted by Gasteiger charge is -2.03. The molecule has 2 rings (SSSR count). The van der Waals surface area contributed by atoms with Crippen molar-refractivity contribution in [3.63, 3.8) is 0 Å². The molecule has 80 valence electrons. The molecule has 2 nitrogen and oxygen atoms in total. The minimum absolute atomic E-state index is 0.0618. The first-order valence-electron chi connectivity index (χ1n) is 4.68. The number of esters is 1. The Hall–Kier alpha value is -1.45. The molecule has 1 fully saturated rings. The van der Waals surface area contributed by atoms with Crippen LogP contribution in [0, 0.1) is 5.92 Å². The number of rotatable bonds is 3. The fourth-order valence-electron chi connectivity index (χ4n) is 1.30. The van der Waals surface area contributed by atoms with Gasteiger partial charge in [-0.1, -0.05) is 30.3 Å². The number of carbonyl (C=O) groups excluding carboxylic acids is 1. The lowest BCUT2D eigenvalue weighted by Crippen LogP contribution is -2.11. The van der Waals surface area contributed by atoms with Crippen molar-refractivity contribution in [1.82, 2.24) is 0 Å². The minimum Gasteiger partial charge on any atom is -0.460 e. The normalized spacial score (nSPS) is 22.1. The molecular weight excluding hydrogens is 202 g/mol. The Bertz CT molecular complexity index is 362. The molecule has 1 unspecified atom stereocenters. The van der Waals surface area contributed by atoms with E-state index in [1.54, 1.807) is 24.3 Å². The van der Waals surface area contributed by atoms with E-state index >= 15 is 0 Å². The van der Waals surface area contributed by atoms with Gasteiger partial charge in [-0.25, -0.2) is 8.78 Å². The van der Waals surface area contributed by atoms with Crippen LogP contribution in [-0.2, 0) is 16.1 Å². The van der Waals surface area contributed by atoms with E-state index < -0.39 is 17.8 Å². The lowest BCUT2D eigenvalue weighted by molar-refractivity contribution is -0.149. The molecule has 1 aromatic rings. The zero-order chi connectivity index (χ0) is 10.9. The van der Waals surface area contributed by atoms with Gasteiger partial charge in [-0.3, -0.25) is 4.79 Å². The Morgan fingerprint density at radius 3 is 2.53 bits per heavy atom. The van der Waals surface area contributed by atoms with Crippen LogP contribution in [-0.4, -0.2) is 11.9 Å². The quantitative estimate of drug-likeness (QED) is 0.719. The molecule has 0 spiro atoms. The van der Waals surface area contributed by atoms with Crippen molar-refractivity contribution in [2.45, 2.75) is 19.0 Å². The Morgan fingerprint density at radius 1 is 1.40 bits per heavy atom. The smallest absolute Gasteiger partial charge is 0.315 e. The van der Waals surface area contributed by atoms with Gasteiger partial charge in [-0.15, -0.1) is 0 Å². The van der Waals surface area contributed by atoms with Crippen LogP contribution < -0.4 is 0 Å². The van der Waals surface area contributed by atoms with Crippen LogP contribution in [0.15, 0.2) is 30.3 Å². The second-order valence-corrected chi connectivity index (χ2v) is 3.61. The minimum atomic E-state index is -2.84. The second kappa shape index (κ2) is 3.61. The van der Waals surface area contributed by atoms with Crippen LogP contribution in [0.4, 0.5) is 8.78 Å². The molecule has 1 aliphatic rings. The van der Waals surface area contributed by atoms with Gasteiger partial charge in [0, 0.05) is 6.42 Å². The first kappa shape index (κ1) is 10.1. The third-order valence-electron chi connectivity index (χ3n) is 2.33. The van der Waals surface area contributed by atoms with Crippen molar-refractivity contribution < 1.29 is 18.3 Å². The molecule has 0 aromatic heterocycles. The van der Waals surface area contributed by atoms with Gasteiger partial charge in [0.15, 0.2) is 0 Å². The van der Waals surface area contributed by atoms with Gasteiger partial charge < -0.3 is 4.74 Å². The molecule has 0 aliphatic heterocycles. The van der Waals surface area contributed by atoms with Gasteiger partial charge in [0.05, 0.1) is 0 Å². The highest BCUT2D eigenvalue weighted by atomic mass is 19.3. The van der Waals surface area contributed by atoms with E-state index in [2.05, 4.69) is 0 Å². The van der Waals surface area contributed by atoms with E-state index in [1.165, 1.54) is 0 Å². The zero-order valence-electron chi connectivity index (χ0n) is 7.95. The summed E-state index contributed by atoms with van der Waals surface area (Å²) in [6, 6.07) is 8.99. The monoisotopic (exact) mass is 212 g/mol. The lowest BCUT2D eigenvalue weighted by atomic mass is 10.2. The van der Waals surface area contributed by atoms with Crippen molar-refractivity contribution in [3.8, 4) is 0 Å². The fraction of sp³-hybridized carbons (Fsp3) is 0.364. The first-order chi connectivity index (χ1) is 7.09. The van der Waals surface area contributed by atoms with Crippen molar-refractivity contribution in [3.05, 3.63) is 35.9 Å². The van der Waals surface area contributed by atoms with Gasteiger partial charge >= 0.3 is 5.97 Å². The molecule has 1 saturated carbocycles. The number of benzene rings is 1.